The molecule has 0 bridgehead atoms. The highest BCUT2D eigenvalue weighted by atomic mass is 14.9. The molecule has 1 unspecified atom stereocenters. The summed E-state index contributed by atoms with van der Waals surface area (Å²) in [4.78, 5) is 0. The van der Waals surface area contributed by atoms with Crippen LogP contribution in [0.15, 0.2) is 42.5 Å². The Morgan fingerprint density at radius 1 is 0.947 bits per heavy atom. The zero-order valence-electron chi connectivity index (χ0n) is 11.7. The molecule has 2 aromatic rings. The first kappa shape index (κ1) is 12.4. The molecule has 1 aliphatic rings. The third-order valence-corrected chi connectivity index (χ3v) is 4.26. The molecule has 0 radical (unpaired) electrons. The number of hydrogen-bond donors (Lipinski definition) is 1. The van der Waals surface area contributed by atoms with E-state index in [9.17, 15) is 0 Å². The second kappa shape index (κ2) is 5.18. The lowest BCUT2D eigenvalue weighted by molar-refractivity contribution is 0.764. The first-order chi connectivity index (χ1) is 9.24. The van der Waals surface area contributed by atoms with Crippen molar-refractivity contribution in [3.8, 4) is 11.1 Å². The Kier molecular flexibility index (Phi) is 3.39. The summed E-state index contributed by atoms with van der Waals surface area (Å²) >= 11 is 0. The van der Waals surface area contributed by atoms with E-state index in [4.69, 9.17) is 0 Å². The lowest BCUT2D eigenvalue weighted by Crippen LogP contribution is -2.07. The molecule has 98 valence electrons. The molecule has 3 rings (SSSR count). The van der Waals surface area contributed by atoms with E-state index in [1.165, 1.54) is 34.2 Å². The van der Waals surface area contributed by atoms with Gasteiger partial charge in [0.2, 0.25) is 0 Å². The van der Waals surface area contributed by atoms with Crippen molar-refractivity contribution in [2.75, 3.05) is 13.1 Å². The number of benzene rings is 2. The molecule has 19 heavy (non-hydrogen) atoms. The second-order valence-corrected chi connectivity index (χ2v) is 5.61. The zero-order valence-corrected chi connectivity index (χ0v) is 11.7. The standard InChI is InChI=1S/C18H21N/c1-13-6-7-17(10-14(13)2)15-4-3-5-16(11-15)18-8-9-19-12-18/h3-7,10-11,18-19H,8-9,12H2,1-2H3. The minimum atomic E-state index is 0.687. The molecule has 0 aromatic heterocycles. The molecule has 1 atom stereocenters. The third-order valence-electron chi connectivity index (χ3n) is 4.26. The third kappa shape index (κ3) is 2.57. The van der Waals surface area contributed by atoms with Gasteiger partial charge in [-0.05, 0) is 60.5 Å². The van der Waals surface area contributed by atoms with Crippen LogP contribution in [0.5, 0.6) is 0 Å². The van der Waals surface area contributed by atoms with Gasteiger partial charge in [0.15, 0.2) is 0 Å². The van der Waals surface area contributed by atoms with Gasteiger partial charge in [-0.3, -0.25) is 0 Å². The van der Waals surface area contributed by atoms with E-state index in [0.29, 0.717) is 5.92 Å². The van der Waals surface area contributed by atoms with E-state index in [0.717, 1.165) is 13.1 Å². The molecule has 1 aliphatic heterocycles. The minimum absolute atomic E-state index is 0.687. The van der Waals surface area contributed by atoms with Crippen molar-refractivity contribution < 1.29 is 0 Å². The Morgan fingerprint density at radius 3 is 2.53 bits per heavy atom. The summed E-state index contributed by atoms with van der Waals surface area (Å²) in [6, 6.07) is 15.8. The van der Waals surface area contributed by atoms with Crippen molar-refractivity contribution in [3.05, 3.63) is 59.2 Å². The highest BCUT2D eigenvalue weighted by Crippen LogP contribution is 2.28. The van der Waals surface area contributed by atoms with Crippen LogP contribution < -0.4 is 5.32 Å². The fraction of sp³-hybridized carbons (Fsp3) is 0.333. The lowest BCUT2D eigenvalue weighted by Gasteiger charge is -2.11. The van der Waals surface area contributed by atoms with Crippen molar-refractivity contribution in [3.63, 3.8) is 0 Å². The van der Waals surface area contributed by atoms with Crippen molar-refractivity contribution in [2.45, 2.75) is 26.2 Å². The SMILES string of the molecule is Cc1ccc(-c2cccc(C3CCNC3)c2)cc1C. The maximum Gasteiger partial charge on any atom is 0.00206 e. The van der Waals surface area contributed by atoms with Gasteiger partial charge >= 0.3 is 0 Å². The van der Waals surface area contributed by atoms with Crippen molar-refractivity contribution >= 4 is 0 Å². The molecular formula is C18H21N. The first-order valence-electron chi connectivity index (χ1n) is 7.12. The molecule has 1 saturated heterocycles. The van der Waals surface area contributed by atoms with Gasteiger partial charge in [0.25, 0.3) is 0 Å². The van der Waals surface area contributed by atoms with Gasteiger partial charge in [0.05, 0.1) is 0 Å². The van der Waals surface area contributed by atoms with Gasteiger partial charge in [-0.25, -0.2) is 0 Å². The van der Waals surface area contributed by atoms with Crippen LogP contribution in [0.25, 0.3) is 11.1 Å². The highest BCUT2D eigenvalue weighted by molar-refractivity contribution is 5.65. The van der Waals surface area contributed by atoms with E-state index in [1.807, 2.05) is 0 Å². The van der Waals surface area contributed by atoms with Crippen LogP contribution in [0.3, 0.4) is 0 Å². The van der Waals surface area contributed by atoms with Crippen LogP contribution in [0.2, 0.25) is 0 Å². The second-order valence-electron chi connectivity index (χ2n) is 5.61. The molecule has 0 aliphatic carbocycles. The van der Waals surface area contributed by atoms with Crippen molar-refractivity contribution in [1.82, 2.24) is 5.32 Å². The molecule has 0 saturated carbocycles. The van der Waals surface area contributed by atoms with Crippen LogP contribution in [0.1, 0.15) is 29.0 Å². The lowest BCUT2D eigenvalue weighted by atomic mass is 9.93. The highest BCUT2D eigenvalue weighted by Gasteiger charge is 2.16. The Morgan fingerprint density at radius 2 is 1.79 bits per heavy atom. The monoisotopic (exact) mass is 251 g/mol. The Hall–Kier alpha value is -1.60. The quantitative estimate of drug-likeness (QED) is 0.849. The van der Waals surface area contributed by atoms with E-state index in [-0.39, 0.29) is 0 Å². The molecule has 0 amide bonds. The summed E-state index contributed by atoms with van der Waals surface area (Å²) in [6.45, 7) is 6.62. The maximum absolute atomic E-state index is 3.45. The fourth-order valence-electron chi connectivity index (χ4n) is 2.83. The normalized spacial score (nSPS) is 18.7. The Balaban J connectivity index is 1.95. The van der Waals surface area contributed by atoms with Gasteiger partial charge in [-0.15, -0.1) is 0 Å². The summed E-state index contributed by atoms with van der Waals surface area (Å²) in [6.07, 6.45) is 1.26. The summed E-state index contributed by atoms with van der Waals surface area (Å²) < 4.78 is 0. The van der Waals surface area contributed by atoms with E-state index in [1.54, 1.807) is 0 Å². The van der Waals surface area contributed by atoms with Gasteiger partial charge < -0.3 is 5.32 Å². The number of nitrogens with one attached hydrogen (secondary N) is 1. The summed E-state index contributed by atoms with van der Waals surface area (Å²) in [7, 11) is 0. The predicted molar refractivity (Wildman–Crippen MR) is 81.6 cm³/mol. The van der Waals surface area contributed by atoms with Crippen molar-refractivity contribution in [1.29, 1.82) is 0 Å². The van der Waals surface area contributed by atoms with Gasteiger partial charge in [0, 0.05) is 6.54 Å². The minimum Gasteiger partial charge on any atom is -0.316 e. The van der Waals surface area contributed by atoms with E-state index in [2.05, 4.69) is 61.6 Å². The largest absolute Gasteiger partial charge is 0.316 e. The van der Waals surface area contributed by atoms with Crippen LogP contribution >= 0.6 is 0 Å². The Bertz CT molecular complexity index is 580. The van der Waals surface area contributed by atoms with Crippen molar-refractivity contribution in [2.24, 2.45) is 0 Å². The average Bonchev–Trinajstić information content (AvgIpc) is 2.96. The molecule has 1 heterocycles. The summed E-state index contributed by atoms with van der Waals surface area (Å²) in [5.41, 5.74) is 6.87. The molecule has 1 nitrogen and oxygen atoms in total. The molecule has 1 heteroatoms. The number of hydrogen-bond acceptors (Lipinski definition) is 1. The molecule has 2 aromatic carbocycles. The summed E-state index contributed by atoms with van der Waals surface area (Å²) in [5, 5.41) is 3.45. The number of rotatable bonds is 2. The first-order valence-corrected chi connectivity index (χ1v) is 7.12. The topological polar surface area (TPSA) is 12.0 Å². The predicted octanol–water partition coefficient (Wildman–Crippen LogP) is 4.05. The summed E-state index contributed by atoms with van der Waals surface area (Å²) in [5.74, 6) is 0.687. The van der Waals surface area contributed by atoms with E-state index < -0.39 is 0 Å². The fourth-order valence-corrected chi connectivity index (χ4v) is 2.83. The van der Waals surface area contributed by atoms with Gasteiger partial charge in [0.1, 0.15) is 0 Å². The van der Waals surface area contributed by atoms with Crippen LogP contribution in [-0.4, -0.2) is 13.1 Å². The number of aryl methyl sites for hydroxylation is 2. The smallest absolute Gasteiger partial charge is 0.00206 e. The van der Waals surface area contributed by atoms with Crippen LogP contribution in [0, 0.1) is 13.8 Å². The van der Waals surface area contributed by atoms with Gasteiger partial charge in [-0.2, -0.15) is 0 Å². The zero-order chi connectivity index (χ0) is 13.2. The van der Waals surface area contributed by atoms with Crippen LogP contribution in [-0.2, 0) is 0 Å². The average molecular weight is 251 g/mol. The van der Waals surface area contributed by atoms with Crippen LogP contribution in [0.4, 0.5) is 0 Å². The molecule has 1 fully saturated rings. The Labute approximate surface area is 115 Å². The molecule has 1 N–H and O–H groups in total. The van der Waals surface area contributed by atoms with Gasteiger partial charge in [-0.1, -0.05) is 42.5 Å². The van der Waals surface area contributed by atoms with E-state index >= 15 is 0 Å². The molecule has 0 spiro atoms. The molecular weight excluding hydrogens is 230 g/mol. The maximum atomic E-state index is 3.45.